The molecule has 4 rings (SSSR count). The van der Waals surface area contributed by atoms with Crippen molar-refractivity contribution in [3.63, 3.8) is 0 Å². The van der Waals surface area contributed by atoms with E-state index in [4.69, 9.17) is 5.73 Å². The zero-order chi connectivity index (χ0) is 14.2. The molecule has 1 aromatic heterocycles. The highest BCUT2D eigenvalue weighted by atomic mass is 15.4. The summed E-state index contributed by atoms with van der Waals surface area (Å²) in [5, 5.41) is 4.51. The van der Waals surface area contributed by atoms with E-state index in [0.29, 0.717) is 18.0 Å². The quantitative estimate of drug-likeness (QED) is 0.781. The lowest BCUT2D eigenvalue weighted by Crippen LogP contribution is -2.48. The van der Waals surface area contributed by atoms with E-state index in [2.05, 4.69) is 34.3 Å². The standard InChI is InChI=1S/C16H21N5/c17-14-8-4-7-13-15(19-20-16(13)14)11-9-18-21(10-11)12-5-2-1-3-6-12/h1-3,5-6,9-10,13-16,19-20H,4,7-8,17H2. The van der Waals surface area contributed by atoms with E-state index >= 15 is 0 Å². The van der Waals surface area contributed by atoms with Crippen molar-refractivity contribution < 1.29 is 0 Å². The molecule has 0 spiro atoms. The smallest absolute Gasteiger partial charge is 0.0645 e. The van der Waals surface area contributed by atoms with E-state index in [0.717, 1.165) is 12.1 Å². The highest BCUT2D eigenvalue weighted by Gasteiger charge is 2.42. The fourth-order valence-corrected chi connectivity index (χ4v) is 3.70. The van der Waals surface area contributed by atoms with Crippen LogP contribution >= 0.6 is 0 Å². The average Bonchev–Trinajstić information content (AvgIpc) is 3.15. The number of hydrazine groups is 1. The van der Waals surface area contributed by atoms with Crippen LogP contribution in [0.4, 0.5) is 0 Å². The molecule has 4 atom stereocenters. The molecule has 110 valence electrons. The number of hydrogen-bond donors (Lipinski definition) is 3. The molecule has 5 nitrogen and oxygen atoms in total. The van der Waals surface area contributed by atoms with Gasteiger partial charge in [-0.05, 0) is 30.9 Å². The summed E-state index contributed by atoms with van der Waals surface area (Å²) >= 11 is 0. The lowest BCUT2D eigenvalue weighted by Gasteiger charge is -2.31. The summed E-state index contributed by atoms with van der Waals surface area (Å²) in [5.74, 6) is 0.558. The molecule has 2 fully saturated rings. The van der Waals surface area contributed by atoms with Crippen molar-refractivity contribution in [1.82, 2.24) is 20.6 Å². The maximum absolute atomic E-state index is 6.23. The van der Waals surface area contributed by atoms with Crippen LogP contribution in [-0.2, 0) is 0 Å². The van der Waals surface area contributed by atoms with Crippen molar-refractivity contribution in [2.75, 3.05) is 0 Å². The second kappa shape index (κ2) is 5.26. The van der Waals surface area contributed by atoms with Gasteiger partial charge in [0.1, 0.15) is 0 Å². The maximum Gasteiger partial charge on any atom is 0.0645 e. The highest BCUT2D eigenvalue weighted by molar-refractivity contribution is 5.31. The molecule has 0 radical (unpaired) electrons. The summed E-state index contributed by atoms with van der Waals surface area (Å²) in [5.41, 5.74) is 15.4. The predicted octanol–water partition coefficient (Wildman–Crippen LogP) is 1.52. The molecule has 1 aliphatic carbocycles. The molecule has 0 amide bonds. The Morgan fingerprint density at radius 2 is 2.00 bits per heavy atom. The molecule has 4 unspecified atom stereocenters. The maximum atomic E-state index is 6.23. The van der Waals surface area contributed by atoms with Crippen LogP contribution in [0, 0.1) is 5.92 Å². The van der Waals surface area contributed by atoms with Gasteiger partial charge in [-0.1, -0.05) is 24.6 Å². The predicted molar refractivity (Wildman–Crippen MR) is 81.7 cm³/mol. The zero-order valence-corrected chi connectivity index (χ0v) is 11.9. The zero-order valence-electron chi connectivity index (χ0n) is 11.9. The Labute approximate surface area is 124 Å². The first-order valence-corrected chi connectivity index (χ1v) is 7.69. The van der Waals surface area contributed by atoms with Crippen molar-refractivity contribution in [3.05, 3.63) is 48.3 Å². The summed E-state index contributed by atoms with van der Waals surface area (Å²) < 4.78 is 1.94. The fourth-order valence-electron chi connectivity index (χ4n) is 3.70. The number of nitrogens with one attached hydrogen (secondary N) is 2. The van der Waals surface area contributed by atoms with Crippen LogP contribution in [0.1, 0.15) is 30.9 Å². The van der Waals surface area contributed by atoms with E-state index in [9.17, 15) is 0 Å². The average molecular weight is 283 g/mol. The monoisotopic (exact) mass is 283 g/mol. The number of hydrogen-bond acceptors (Lipinski definition) is 4. The van der Waals surface area contributed by atoms with E-state index in [1.54, 1.807) is 0 Å². The minimum Gasteiger partial charge on any atom is -0.326 e. The Kier molecular flexibility index (Phi) is 3.25. The van der Waals surface area contributed by atoms with Crippen LogP contribution in [-0.4, -0.2) is 21.9 Å². The van der Waals surface area contributed by atoms with E-state index < -0.39 is 0 Å². The third kappa shape index (κ3) is 2.27. The van der Waals surface area contributed by atoms with Gasteiger partial charge in [-0.15, -0.1) is 0 Å². The Morgan fingerprint density at radius 3 is 2.86 bits per heavy atom. The molecule has 1 aromatic carbocycles. The third-order valence-electron chi connectivity index (χ3n) is 4.81. The molecule has 1 saturated carbocycles. The fraction of sp³-hybridized carbons (Fsp3) is 0.438. The number of nitrogens with zero attached hydrogens (tertiary/aromatic N) is 2. The molecule has 4 N–H and O–H groups in total. The first-order chi connectivity index (χ1) is 10.3. The van der Waals surface area contributed by atoms with Crippen LogP contribution < -0.4 is 16.6 Å². The Morgan fingerprint density at radius 1 is 1.14 bits per heavy atom. The summed E-state index contributed by atoms with van der Waals surface area (Å²) in [6.07, 6.45) is 7.65. The van der Waals surface area contributed by atoms with Crippen LogP contribution in [0.15, 0.2) is 42.7 Å². The Hall–Kier alpha value is -1.69. The second-order valence-electron chi connectivity index (χ2n) is 6.10. The van der Waals surface area contributed by atoms with Crippen molar-refractivity contribution >= 4 is 0 Å². The van der Waals surface area contributed by atoms with E-state index in [-0.39, 0.29) is 6.04 Å². The molecule has 2 heterocycles. The molecule has 21 heavy (non-hydrogen) atoms. The number of nitrogens with two attached hydrogens (primary N) is 1. The number of para-hydroxylation sites is 1. The number of aromatic nitrogens is 2. The van der Waals surface area contributed by atoms with Gasteiger partial charge in [0.2, 0.25) is 0 Å². The highest BCUT2D eigenvalue weighted by Crippen LogP contribution is 2.37. The summed E-state index contributed by atoms with van der Waals surface area (Å²) in [4.78, 5) is 0. The normalized spacial score (nSPS) is 32.0. The molecule has 0 bridgehead atoms. The topological polar surface area (TPSA) is 67.9 Å². The minimum atomic E-state index is 0.255. The lowest BCUT2D eigenvalue weighted by atomic mass is 9.78. The molecule has 2 aliphatic rings. The molecule has 1 aliphatic heterocycles. The van der Waals surface area contributed by atoms with Gasteiger partial charge in [0.05, 0.1) is 17.9 Å². The van der Waals surface area contributed by atoms with Crippen molar-refractivity contribution in [2.24, 2.45) is 11.7 Å². The molecule has 5 heteroatoms. The molecular formula is C16H21N5. The molecule has 2 aromatic rings. The summed E-state index contributed by atoms with van der Waals surface area (Å²) in [7, 11) is 0. The van der Waals surface area contributed by atoms with Crippen molar-refractivity contribution in [3.8, 4) is 5.69 Å². The SMILES string of the molecule is NC1CCCC2C(c3cnn(-c4ccccc4)c3)NNC12. The van der Waals surface area contributed by atoms with Crippen LogP contribution in [0.5, 0.6) is 0 Å². The molecule has 1 saturated heterocycles. The van der Waals surface area contributed by atoms with Gasteiger partial charge < -0.3 is 5.73 Å². The van der Waals surface area contributed by atoms with Gasteiger partial charge in [-0.25, -0.2) is 10.1 Å². The second-order valence-corrected chi connectivity index (χ2v) is 6.10. The third-order valence-corrected chi connectivity index (χ3v) is 4.81. The number of rotatable bonds is 2. The van der Waals surface area contributed by atoms with Crippen LogP contribution in [0.25, 0.3) is 5.69 Å². The van der Waals surface area contributed by atoms with Gasteiger partial charge in [0.15, 0.2) is 0 Å². The van der Waals surface area contributed by atoms with Crippen molar-refractivity contribution in [2.45, 2.75) is 37.4 Å². The van der Waals surface area contributed by atoms with Gasteiger partial charge in [0, 0.05) is 23.8 Å². The largest absolute Gasteiger partial charge is 0.326 e. The van der Waals surface area contributed by atoms with Crippen LogP contribution in [0.2, 0.25) is 0 Å². The van der Waals surface area contributed by atoms with Crippen molar-refractivity contribution in [1.29, 1.82) is 0 Å². The van der Waals surface area contributed by atoms with E-state index in [1.807, 2.05) is 29.1 Å². The first kappa shape index (κ1) is 13.0. The van der Waals surface area contributed by atoms with Gasteiger partial charge in [0.25, 0.3) is 0 Å². The Balaban J connectivity index is 1.59. The Bertz CT molecular complexity index is 608. The lowest BCUT2D eigenvalue weighted by molar-refractivity contribution is 0.273. The van der Waals surface area contributed by atoms with Gasteiger partial charge in [-0.3, -0.25) is 5.43 Å². The minimum absolute atomic E-state index is 0.255. The van der Waals surface area contributed by atoms with Crippen LogP contribution in [0.3, 0.4) is 0 Å². The number of fused-ring (bicyclic) bond motifs is 1. The number of benzene rings is 1. The van der Waals surface area contributed by atoms with Gasteiger partial charge >= 0.3 is 0 Å². The first-order valence-electron chi connectivity index (χ1n) is 7.69. The van der Waals surface area contributed by atoms with E-state index in [1.165, 1.54) is 18.4 Å². The van der Waals surface area contributed by atoms with Gasteiger partial charge in [-0.2, -0.15) is 5.10 Å². The molecular weight excluding hydrogens is 262 g/mol. The summed E-state index contributed by atoms with van der Waals surface area (Å²) in [6, 6.07) is 11.1. The summed E-state index contributed by atoms with van der Waals surface area (Å²) in [6.45, 7) is 0.